The normalized spacial score (nSPS) is 25.2. The molecule has 2 aromatic rings. The Morgan fingerprint density at radius 3 is 2.64 bits per heavy atom. The van der Waals surface area contributed by atoms with E-state index in [2.05, 4.69) is 35.7 Å². The van der Waals surface area contributed by atoms with Gasteiger partial charge in [0.05, 0.1) is 24.8 Å². The minimum Gasteiger partial charge on any atom is -0.412 e. The van der Waals surface area contributed by atoms with E-state index in [9.17, 15) is 9.18 Å². The van der Waals surface area contributed by atoms with Crippen molar-refractivity contribution in [2.75, 3.05) is 13.2 Å². The van der Waals surface area contributed by atoms with Gasteiger partial charge in [-0.2, -0.15) is 0 Å². The molecule has 1 amide bonds. The molecule has 0 aliphatic carbocycles. The number of carbonyl (C=O) groups is 1. The number of benzene rings is 2. The molecule has 1 fully saturated rings. The van der Waals surface area contributed by atoms with E-state index in [0.717, 1.165) is 17.5 Å². The van der Waals surface area contributed by atoms with E-state index in [1.807, 2.05) is 23.1 Å². The molecule has 33 heavy (non-hydrogen) atoms. The molecule has 0 radical (unpaired) electrons. The fraction of sp³-hybridized carbons (Fsp3) is 0.458. The Bertz CT molecular complexity index is 1050. The van der Waals surface area contributed by atoms with Crippen LogP contribution in [-0.2, 0) is 20.4 Å². The highest BCUT2D eigenvalue weighted by Gasteiger charge is 2.41. The third-order valence-electron chi connectivity index (χ3n) is 6.08. The molecular weight excluding hydrogens is 439 g/mol. The average molecular weight is 469 g/mol. The number of hydrogen-bond acceptors (Lipinski definition) is 4. The van der Waals surface area contributed by atoms with Crippen LogP contribution >= 0.6 is 0 Å². The van der Waals surface area contributed by atoms with Crippen molar-refractivity contribution in [3.8, 4) is 0 Å². The maximum atomic E-state index is 13.7. The molecule has 9 heteroatoms. The number of nitrogens with zero attached hydrogens (tertiary/aromatic N) is 4. The number of carbonyl (C=O) groups excluding carboxylic acids is 1. The molecule has 2 aliphatic heterocycles. The fourth-order valence-corrected chi connectivity index (χ4v) is 5.81. The van der Waals surface area contributed by atoms with Crippen LogP contribution in [0.25, 0.3) is 10.4 Å². The summed E-state index contributed by atoms with van der Waals surface area (Å²) in [6.45, 7) is 6.93. The van der Waals surface area contributed by atoms with Crippen LogP contribution in [0.1, 0.15) is 29.2 Å². The first-order valence-corrected chi connectivity index (χ1v) is 14.6. The van der Waals surface area contributed by atoms with Crippen molar-refractivity contribution in [1.29, 1.82) is 0 Å². The van der Waals surface area contributed by atoms with Gasteiger partial charge in [0.1, 0.15) is 11.9 Å². The molecule has 0 spiro atoms. The minimum absolute atomic E-state index is 0.150. The SMILES string of the molecule is C[Si](C)(C)OC1CO[C@H](C(=O)N2CCc3ccccc3[C@@H]2c2ccc(F)cc2)CC1N=[N+]=[N-]. The largest absolute Gasteiger partial charge is 0.412 e. The number of halogens is 1. The van der Waals surface area contributed by atoms with Gasteiger partial charge in [0, 0.05) is 11.5 Å². The van der Waals surface area contributed by atoms with E-state index in [-0.39, 0.29) is 36.9 Å². The summed E-state index contributed by atoms with van der Waals surface area (Å²) in [5.41, 5.74) is 12.1. The average Bonchev–Trinajstić information content (AvgIpc) is 2.79. The van der Waals surface area contributed by atoms with Crippen molar-refractivity contribution in [2.45, 2.75) is 56.8 Å². The van der Waals surface area contributed by atoms with Gasteiger partial charge in [0.15, 0.2) is 8.32 Å². The van der Waals surface area contributed by atoms with Crippen LogP contribution in [0, 0.1) is 5.82 Å². The lowest BCUT2D eigenvalue weighted by molar-refractivity contribution is -0.153. The number of amides is 1. The Morgan fingerprint density at radius 1 is 1.21 bits per heavy atom. The number of azide groups is 1. The highest BCUT2D eigenvalue weighted by atomic mass is 28.4. The van der Waals surface area contributed by atoms with Crippen molar-refractivity contribution in [2.24, 2.45) is 5.11 Å². The van der Waals surface area contributed by atoms with Gasteiger partial charge in [-0.1, -0.05) is 41.5 Å². The van der Waals surface area contributed by atoms with Gasteiger partial charge in [-0.05, 0) is 66.8 Å². The molecule has 0 saturated carbocycles. The zero-order chi connectivity index (χ0) is 23.6. The maximum absolute atomic E-state index is 13.7. The topological polar surface area (TPSA) is 87.5 Å². The van der Waals surface area contributed by atoms with Gasteiger partial charge < -0.3 is 14.1 Å². The quantitative estimate of drug-likeness (QED) is 0.268. The lowest BCUT2D eigenvalue weighted by atomic mass is 9.87. The van der Waals surface area contributed by atoms with Gasteiger partial charge >= 0.3 is 0 Å². The van der Waals surface area contributed by atoms with Crippen molar-refractivity contribution in [3.05, 3.63) is 81.5 Å². The van der Waals surface area contributed by atoms with Crippen molar-refractivity contribution >= 4 is 14.2 Å². The standard InChI is InChI=1S/C24H29FN4O3Si/c1-33(2,3)32-22-15-31-21(14-20(22)27-28-26)24(30)29-13-12-16-6-4-5-7-19(16)23(29)17-8-10-18(25)11-9-17/h4-11,20-23H,12-15H2,1-3H3/t20?,21-,22?,23-/m0/s1. The second-order valence-corrected chi connectivity index (χ2v) is 14.0. The van der Waals surface area contributed by atoms with E-state index in [0.29, 0.717) is 6.54 Å². The summed E-state index contributed by atoms with van der Waals surface area (Å²) in [7, 11) is -1.89. The summed E-state index contributed by atoms with van der Waals surface area (Å²) in [4.78, 5) is 18.5. The van der Waals surface area contributed by atoms with Gasteiger partial charge in [0.25, 0.3) is 5.91 Å². The van der Waals surface area contributed by atoms with Crippen molar-refractivity contribution in [3.63, 3.8) is 0 Å². The molecule has 2 unspecified atom stereocenters. The smallest absolute Gasteiger partial charge is 0.252 e. The van der Waals surface area contributed by atoms with Crippen LogP contribution in [0.3, 0.4) is 0 Å². The van der Waals surface area contributed by atoms with Crippen LogP contribution in [0.4, 0.5) is 4.39 Å². The first-order valence-electron chi connectivity index (χ1n) is 11.2. The third kappa shape index (κ3) is 5.28. The Hall–Kier alpha value is -2.71. The Labute approximate surface area is 194 Å². The van der Waals surface area contributed by atoms with Crippen LogP contribution in [0.15, 0.2) is 53.6 Å². The highest BCUT2D eigenvalue weighted by molar-refractivity contribution is 6.69. The molecule has 4 rings (SSSR count). The molecule has 0 bridgehead atoms. The van der Waals surface area contributed by atoms with Crippen molar-refractivity contribution in [1.82, 2.24) is 4.90 Å². The third-order valence-corrected chi connectivity index (χ3v) is 7.09. The zero-order valence-corrected chi connectivity index (χ0v) is 20.1. The Morgan fingerprint density at radius 2 is 1.94 bits per heavy atom. The van der Waals surface area contributed by atoms with Crippen LogP contribution in [0.5, 0.6) is 0 Å². The van der Waals surface area contributed by atoms with Crippen molar-refractivity contribution < 1.29 is 18.3 Å². The summed E-state index contributed by atoms with van der Waals surface area (Å²) in [6.07, 6.45) is -0.0819. The van der Waals surface area contributed by atoms with E-state index < -0.39 is 20.5 Å². The number of hydrogen-bond donors (Lipinski definition) is 0. The fourth-order valence-electron chi connectivity index (χ4n) is 4.68. The molecular formula is C24H29FN4O3Si. The molecule has 1 saturated heterocycles. The number of rotatable bonds is 5. The minimum atomic E-state index is -1.89. The first-order chi connectivity index (χ1) is 15.8. The summed E-state index contributed by atoms with van der Waals surface area (Å²) >= 11 is 0. The molecule has 4 atom stereocenters. The van der Waals surface area contributed by atoms with Crippen LogP contribution in [0.2, 0.25) is 19.6 Å². The second kappa shape index (κ2) is 9.65. The molecule has 2 heterocycles. The molecule has 174 valence electrons. The van der Waals surface area contributed by atoms with Gasteiger partial charge in [0.2, 0.25) is 0 Å². The van der Waals surface area contributed by atoms with Crippen LogP contribution < -0.4 is 0 Å². The Balaban J connectivity index is 1.61. The first kappa shape index (κ1) is 23.4. The molecule has 2 aliphatic rings. The Kier molecular flexibility index (Phi) is 6.85. The van der Waals surface area contributed by atoms with Crippen LogP contribution in [-0.4, -0.2) is 50.5 Å². The molecule has 0 N–H and O–H groups in total. The molecule has 0 aromatic heterocycles. The summed E-state index contributed by atoms with van der Waals surface area (Å²) in [5.74, 6) is -0.467. The van der Waals surface area contributed by atoms with Gasteiger partial charge in [-0.3, -0.25) is 4.79 Å². The molecule has 2 aromatic carbocycles. The predicted octanol–water partition coefficient (Wildman–Crippen LogP) is 4.99. The predicted molar refractivity (Wildman–Crippen MR) is 126 cm³/mol. The number of ether oxygens (including phenoxy) is 1. The second-order valence-electron chi connectivity index (χ2n) is 9.53. The van der Waals surface area contributed by atoms with E-state index in [1.54, 1.807) is 12.1 Å². The summed E-state index contributed by atoms with van der Waals surface area (Å²) in [5, 5.41) is 3.94. The monoisotopic (exact) mass is 468 g/mol. The summed E-state index contributed by atoms with van der Waals surface area (Å²) in [6, 6.07) is 13.5. The van der Waals surface area contributed by atoms with Gasteiger partial charge in [-0.15, -0.1) is 0 Å². The zero-order valence-electron chi connectivity index (χ0n) is 19.1. The van der Waals surface area contributed by atoms with E-state index in [4.69, 9.17) is 14.7 Å². The summed E-state index contributed by atoms with van der Waals surface area (Å²) < 4.78 is 25.8. The lowest BCUT2D eigenvalue weighted by Gasteiger charge is -2.42. The maximum Gasteiger partial charge on any atom is 0.252 e. The van der Waals surface area contributed by atoms with Gasteiger partial charge in [-0.25, -0.2) is 4.39 Å². The number of fused-ring (bicyclic) bond motifs is 1. The lowest BCUT2D eigenvalue weighted by Crippen LogP contribution is -2.53. The molecule has 7 nitrogen and oxygen atoms in total. The highest BCUT2D eigenvalue weighted by Crippen LogP contribution is 2.37. The van der Waals surface area contributed by atoms with E-state index in [1.165, 1.54) is 17.7 Å². The van der Waals surface area contributed by atoms with E-state index >= 15 is 0 Å².